The summed E-state index contributed by atoms with van der Waals surface area (Å²) in [6.45, 7) is 2.05. The number of aromatic amines is 1. The minimum Gasteiger partial charge on any atom is -0.345 e. The zero-order valence-corrected chi connectivity index (χ0v) is 9.70. The van der Waals surface area contributed by atoms with Crippen LogP contribution in [0.1, 0.15) is 30.1 Å². The van der Waals surface area contributed by atoms with Gasteiger partial charge < -0.3 is 10.3 Å². The molecule has 0 radical (unpaired) electrons. The minimum atomic E-state index is 0.811. The summed E-state index contributed by atoms with van der Waals surface area (Å²) in [6, 6.07) is 0. The first kappa shape index (κ1) is 9.73. The van der Waals surface area contributed by atoms with Crippen molar-refractivity contribution in [1.82, 2.24) is 15.3 Å². The van der Waals surface area contributed by atoms with Crippen molar-refractivity contribution in [1.29, 1.82) is 0 Å². The highest BCUT2D eigenvalue weighted by molar-refractivity contribution is 8.00. The Morgan fingerprint density at radius 3 is 3.27 bits per heavy atom. The summed E-state index contributed by atoms with van der Waals surface area (Å²) < 4.78 is 0. The highest BCUT2D eigenvalue weighted by Gasteiger charge is 2.19. The molecule has 0 aliphatic carbocycles. The standard InChI is InChI=1S/C11H17N3S/c1-2-8(15-5-1)6-11-13-9-3-4-12-7-10(9)14-11/h8,12H,1-7H2,(H,13,14). The molecule has 2 aliphatic heterocycles. The third-order valence-electron chi connectivity index (χ3n) is 3.20. The van der Waals surface area contributed by atoms with Gasteiger partial charge in [-0.25, -0.2) is 4.98 Å². The second-order valence-electron chi connectivity index (χ2n) is 4.37. The van der Waals surface area contributed by atoms with Crippen molar-refractivity contribution in [2.75, 3.05) is 12.3 Å². The summed E-state index contributed by atoms with van der Waals surface area (Å²) in [6.07, 6.45) is 4.98. The maximum atomic E-state index is 4.71. The number of imidazole rings is 1. The molecule has 15 heavy (non-hydrogen) atoms. The van der Waals surface area contributed by atoms with Crippen LogP contribution in [0.5, 0.6) is 0 Å². The lowest BCUT2D eigenvalue weighted by Gasteiger charge is -2.09. The van der Waals surface area contributed by atoms with Gasteiger partial charge in [-0.2, -0.15) is 11.8 Å². The topological polar surface area (TPSA) is 40.7 Å². The summed E-state index contributed by atoms with van der Waals surface area (Å²) in [7, 11) is 0. The van der Waals surface area contributed by atoms with Crippen LogP contribution < -0.4 is 5.32 Å². The molecule has 3 nitrogen and oxygen atoms in total. The van der Waals surface area contributed by atoms with Crippen molar-refractivity contribution in [3.63, 3.8) is 0 Å². The van der Waals surface area contributed by atoms with Gasteiger partial charge in [0.25, 0.3) is 0 Å². The van der Waals surface area contributed by atoms with Crippen molar-refractivity contribution < 1.29 is 0 Å². The van der Waals surface area contributed by atoms with E-state index < -0.39 is 0 Å². The van der Waals surface area contributed by atoms with Crippen LogP contribution in [0.2, 0.25) is 0 Å². The quantitative estimate of drug-likeness (QED) is 0.798. The van der Waals surface area contributed by atoms with Gasteiger partial charge in [-0.15, -0.1) is 0 Å². The molecule has 1 unspecified atom stereocenters. The molecule has 0 spiro atoms. The summed E-state index contributed by atoms with van der Waals surface area (Å²) in [4.78, 5) is 8.18. The van der Waals surface area contributed by atoms with E-state index in [0.29, 0.717) is 0 Å². The first-order valence-corrected chi connectivity index (χ1v) is 6.85. The van der Waals surface area contributed by atoms with E-state index in [-0.39, 0.29) is 0 Å². The van der Waals surface area contributed by atoms with Crippen LogP contribution in [-0.4, -0.2) is 27.5 Å². The van der Waals surface area contributed by atoms with E-state index in [9.17, 15) is 0 Å². The van der Waals surface area contributed by atoms with Gasteiger partial charge in [-0.05, 0) is 18.6 Å². The highest BCUT2D eigenvalue weighted by atomic mass is 32.2. The van der Waals surface area contributed by atoms with E-state index in [2.05, 4.69) is 22.1 Å². The molecular weight excluding hydrogens is 206 g/mol. The Hall–Kier alpha value is -0.480. The van der Waals surface area contributed by atoms with E-state index >= 15 is 0 Å². The lowest BCUT2D eigenvalue weighted by molar-refractivity contribution is 0.627. The predicted molar refractivity (Wildman–Crippen MR) is 63.2 cm³/mol. The molecule has 82 valence electrons. The van der Waals surface area contributed by atoms with Gasteiger partial charge in [-0.1, -0.05) is 0 Å². The van der Waals surface area contributed by atoms with Gasteiger partial charge >= 0.3 is 0 Å². The summed E-state index contributed by atoms with van der Waals surface area (Å²) in [5, 5.41) is 4.18. The Balaban J connectivity index is 1.72. The molecule has 1 aromatic rings. The number of nitrogens with one attached hydrogen (secondary N) is 2. The van der Waals surface area contributed by atoms with Crippen LogP contribution in [0.4, 0.5) is 0 Å². The number of hydrogen-bond acceptors (Lipinski definition) is 3. The zero-order valence-electron chi connectivity index (χ0n) is 8.88. The van der Waals surface area contributed by atoms with Crippen LogP contribution >= 0.6 is 11.8 Å². The lowest BCUT2D eigenvalue weighted by atomic mass is 10.2. The molecule has 1 fully saturated rings. The van der Waals surface area contributed by atoms with Crippen LogP contribution in [0.3, 0.4) is 0 Å². The zero-order chi connectivity index (χ0) is 10.1. The second-order valence-corrected chi connectivity index (χ2v) is 5.78. The van der Waals surface area contributed by atoms with Crippen molar-refractivity contribution >= 4 is 11.8 Å². The number of aromatic nitrogens is 2. The fraction of sp³-hybridized carbons (Fsp3) is 0.727. The normalized spacial score (nSPS) is 25.5. The Labute approximate surface area is 94.4 Å². The number of H-pyrrole nitrogens is 1. The van der Waals surface area contributed by atoms with Gasteiger partial charge in [0.15, 0.2) is 0 Å². The molecule has 0 saturated carbocycles. The van der Waals surface area contributed by atoms with Crippen LogP contribution in [0.25, 0.3) is 0 Å². The fourth-order valence-electron chi connectivity index (χ4n) is 2.40. The SMILES string of the molecule is C1CSC(Cc2nc3c([nH]2)CNCC3)C1. The number of fused-ring (bicyclic) bond motifs is 1. The first-order chi connectivity index (χ1) is 7.42. The maximum Gasteiger partial charge on any atom is 0.107 e. The molecule has 0 amide bonds. The van der Waals surface area contributed by atoms with Crippen LogP contribution in [0, 0.1) is 0 Å². The van der Waals surface area contributed by atoms with E-state index in [1.807, 2.05) is 0 Å². The fourth-order valence-corrected chi connectivity index (χ4v) is 3.67. The smallest absolute Gasteiger partial charge is 0.107 e. The minimum absolute atomic E-state index is 0.811. The Bertz CT molecular complexity index is 318. The molecule has 1 aromatic heterocycles. The van der Waals surface area contributed by atoms with Gasteiger partial charge in [0.05, 0.1) is 11.4 Å². The maximum absolute atomic E-state index is 4.71. The Kier molecular flexibility index (Phi) is 2.71. The lowest BCUT2D eigenvalue weighted by Crippen LogP contribution is -2.23. The molecule has 1 atom stereocenters. The Morgan fingerprint density at radius 1 is 1.47 bits per heavy atom. The molecule has 2 aliphatic rings. The molecule has 3 rings (SSSR count). The van der Waals surface area contributed by atoms with E-state index in [1.165, 1.54) is 35.8 Å². The largest absolute Gasteiger partial charge is 0.345 e. The average Bonchev–Trinajstić information content (AvgIpc) is 2.86. The van der Waals surface area contributed by atoms with Crippen molar-refractivity contribution in [2.24, 2.45) is 0 Å². The predicted octanol–water partition coefficient (Wildman–Crippen LogP) is 1.49. The summed E-state index contributed by atoms with van der Waals surface area (Å²) >= 11 is 2.11. The second kappa shape index (κ2) is 4.18. The van der Waals surface area contributed by atoms with E-state index in [4.69, 9.17) is 4.98 Å². The van der Waals surface area contributed by atoms with Gasteiger partial charge in [0, 0.05) is 31.2 Å². The third kappa shape index (κ3) is 2.06. The molecule has 2 N–H and O–H groups in total. The average molecular weight is 223 g/mol. The summed E-state index contributed by atoms with van der Waals surface area (Å²) in [5.41, 5.74) is 2.62. The number of thioether (sulfide) groups is 1. The number of hydrogen-bond donors (Lipinski definition) is 2. The van der Waals surface area contributed by atoms with Crippen molar-refractivity contribution in [2.45, 2.75) is 37.5 Å². The van der Waals surface area contributed by atoms with E-state index in [1.54, 1.807) is 0 Å². The van der Waals surface area contributed by atoms with Gasteiger partial charge in [0.1, 0.15) is 5.82 Å². The molecule has 4 heteroatoms. The monoisotopic (exact) mass is 223 g/mol. The van der Waals surface area contributed by atoms with Crippen molar-refractivity contribution in [3.8, 4) is 0 Å². The molecule has 0 bridgehead atoms. The Morgan fingerprint density at radius 2 is 2.47 bits per heavy atom. The van der Waals surface area contributed by atoms with Gasteiger partial charge in [-0.3, -0.25) is 0 Å². The van der Waals surface area contributed by atoms with Crippen LogP contribution in [-0.2, 0) is 19.4 Å². The molecular formula is C11H17N3S. The van der Waals surface area contributed by atoms with Crippen LogP contribution in [0.15, 0.2) is 0 Å². The third-order valence-corrected chi connectivity index (χ3v) is 4.60. The summed E-state index contributed by atoms with van der Waals surface area (Å²) in [5.74, 6) is 2.55. The molecule has 1 saturated heterocycles. The number of rotatable bonds is 2. The van der Waals surface area contributed by atoms with E-state index in [0.717, 1.165) is 31.2 Å². The first-order valence-electron chi connectivity index (χ1n) is 5.81. The van der Waals surface area contributed by atoms with Gasteiger partial charge in [0.2, 0.25) is 0 Å². The highest BCUT2D eigenvalue weighted by Crippen LogP contribution is 2.28. The van der Waals surface area contributed by atoms with Crippen molar-refractivity contribution in [3.05, 3.63) is 17.2 Å². The molecule has 0 aromatic carbocycles. The number of nitrogens with zero attached hydrogens (tertiary/aromatic N) is 1. The molecule has 3 heterocycles.